The maximum atomic E-state index is 13.4. The quantitative estimate of drug-likeness (QED) is 0.407. The van der Waals surface area contributed by atoms with E-state index < -0.39 is 10.0 Å². The lowest BCUT2D eigenvalue weighted by atomic mass is 10.1. The lowest BCUT2D eigenvalue weighted by molar-refractivity contribution is 0.588. The molecule has 0 fully saturated rings. The average molecular weight is 437 g/mol. The van der Waals surface area contributed by atoms with Crippen molar-refractivity contribution < 1.29 is 8.42 Å². The Morgan fingerprint density at radius 2 is 1.90 bits per heavy atom. The molecule has 30 heavy (non-hydrogen) atoms. The smallest absolute Gasteiger partial charge is 0.266 e. The predicted molar refractivity (Wildman–Crippen MR) is 120 cm³/mol. The van der Waals surface area contributed by atoms with Gasteiger partial charge < -0.3 is 0 Å². The van der Waals surface area contributed by atoms with Crippen molar-refractivity contribution in [2.75, 3.05) is 0 Å². The highest BCUT2D eigenvalue weighted by molar-refractivity contribution is 7.90. The molecule has 0 amide bonds. The number of hydrogen-bond acceptors (Lipinski definition) is 5. The van der Waals surface area contributed by atoms with Gasteiger partial charge in [0.05, 0.1) is 10.4 Å². The van der Waals surface area contributed by atoms with E-state index in [1.54, 1.807) is 48.0 Å². The van der Waals surface area contributed by atoms with Crippen molar-refractivity contribution in [3.05, 3.63) is 64.6 Å². The number of thiophene rings is 1. The molecule has 4 aromatic heterocycles. The van der Waals surface area contributed by atoms with Crippen molar-refractivity contribution in [3.8, 4) is 11.3 Å². The fourth-order valence-corrected chi connectivity index (χ4v) is 5.85. The molecule has 1 aromatic carbocycles. The van der Waals surface area contributed by atoms with Crippen LogP contribution in [0.2, 0.25) is 0 Å². The Bertz CT molecular complexity index is 1490. The molecule has 4 heterocycles. The van der Waals surface area contributed by atoms with Gasteiger partial charge in [-0.1, -0.05) is 24.6 Å². The van der Waals surface area contributed by atoms with Gasteiger partial charge in [-0.2, -0.15) is 16.4 Å². The zero-order chi connectivity index (χ0) is 21.0. The third-order valence-corrected chi connectivity index (χ3v) is 7.76. The Labute approximate surface area is 178 Å². The lowest BCUT2D eigenvalue weighted by Gasteiger charge is -2.07. The van der Waals surface area contributed by atoms with E-state index in [2.05, 4.69) is 10.4 Å². The molecule has 0 N–H and O–H groups in total. The van der Waals surface area contributed by atoms with Crippen LogP contribution in [-0.2, 0) is 23.5 Å². The van der Waals surface area contributed by atoms with Crippen LogP contribution in [0.1, 0.15) is 18.1 Å². The Hall–Kier alpha value is -2.97. The molecule has 0 saturated heterocycles. The zero-order valence-corrected chi connectivity index (χ0v) is 18.5. The Kier molecular flexibility index (Phi) is 4.30. The van der Waals surface area contributed by atoms with Gasteiger partial charge in [0.1, 0.15) is 5.69 Å². The van der Waals surface area contributed by atoms with Crippen molar-refractivity contribution in [1.29, 1.82) is 0 Å². The number of aromatic nitrogens is 4. The third kappa shape index (κ3) is 2.71. The molecule has 0 atom stereocenters. The van der Waals surface area contributed by atoms with E-state index in [1.165, 1.54) is 3.97 Å². The summed E-state index contributed by atoms with van der Waals surface area (Å²) in [6.45, 7) is 3.95. The molecule has 152 valence electrons. The molecule has 0 aliphatic heterocycles. The van der Waals surface area contributed by atoms with Gasteiger partial charge in [-0.3, -0.25) is 4.68 Å². The van der Waals surface area contributed by atoms with Crippen LogP contribution in [-0.4, -0.2) is 27.2 Å². The minimum absolute atomic E-state index is 0.249. The van der Waals surface area contributed by atoms with Crippen LogP contribution in [0.15, 0.2) is 58.4 Å². The maximum absolute atomic E-state index is 13.4. The van der Waals surface area contributed by atoms with Gasteiger partial charge in [-0.15, -0.1) is 0 Å². The maximum Gasteiger partial charge on any atom is 0.269 e. The molecule has 0 aliphatic carbocycles. The van der Waals surface area contributed by atoms with Crippen molar-refractivity contribution in [1.82, 2.24) is 18.7 Å². The molecule has 0 bridgehead atoms. The Morgan fingerprint density at radius 1 is 1.13 bits per heavy atom. The number of nitrogens with zero attached hydrogens (tertiary/aromatic N) is 4. The second kappa shape index (κ2) is 6.78. The molecule has 6 nitrogen and oxygen atoms in total. The Morgan fingerprint density at radius 3 is 2.57 bits per heavy atom. The summed E-state index contributed by atoms with van der Waals surface area (Å²) in [4.78, 5) is 4.85. The molecule has 0 radical (unpaired) electrons. The number of benzene rings is 1. The minimum atomic E-state index is -3.76. The zero-order valence-electron chi connectivity index (χ0n) is 16.8. The largest absolute Gasteiger partial charge is 0.269 e. The number of hydrogen-bond donors (Lipinski definition) is 0. The highest BCUT2D eigenvalue weighted by atomic mass is 32.2. The molecular weight excluding hydrogens is 416 g/mol. The summed E-state index contributed by atoms with van der Waals surface area (Å²) in [5.41, 5.74) is 5.17. The first-order valence-electron chi connectivity index (χ1n) is 9.62. The van der Waals surface area contributed by atoms with E-state index in [0.717, 1.165) is 38.7 Å². The monoisotopic (exact) mass is 436 g/mol. The molecule has 0 saturated carbocycles. The SMILES string of the molecule is CCc1cn(S(=O)(=O)c2ccc(C)cc2)c2ncc3c(-c4ccsc4)nn(C)c3c12. The summed E-state index contributed by atoms with van der Waals surface area (Å²) in [5.74, 6) is 0. The van der Waals surface area contributed by atoms with Crippen molar-refractivity contribution in [2.45, 2.75) is 25.2 Å². The molecule has 0 spiro atoms. The summed E-state index contributed by atoms with van der Waals surface area (Å²) in [7, 11) is -1.87. The summed E-state index contributed by atoms with van der Waals surface area (Å²) in [6, 6.07) is 8.92. The average Bonchev–Trinajstić information content (AvgIpc) is 3.45. The van der Waals surface area contributed by atoms with Gasteiger partial charge in [-0.05, 0) is 42.5 Å². The van der Waals surface area contributed by atoms with Crippen LogP contribution >= 0.6 is 11.3 Å². The van der Waals surface area contributed by atoms with Crippen LogP contribution < -0.4 is 0 Å². The summed E-state index contributed by atoms with van der Waals surface area (Å²) in [6.07, 6.45) is 4.12. The van der Waals surface area contributed by atoms with Crippen LogP contribution in [0.3, 0.4) is 0 Å². The highest BCUT2D eigenvalue weighted by Crippen LogP contribution is 2.35. The van der Waals surface area contributed by atoms with Crippen molar-refractivity contribution in [3.63, 3.8) is 0 Å². The predicted octanol–water partition coefficient (Wildman–Crippen LogP) is 4.76. The molecular formula is C22H20N4O2S2. The normalized spacial score (nSPS) is 12.2. The van der Waals surface area contributed by atoms with Crippen LogP contribution in [0.25, 0.3) is 33.2 Å². The van der Waals surface area contributed by atoms with Crippen LogP contribution in [0.5, 0.6) is 0 Å². The van der Waals surface area contributed by atoms with Crippen LogP contribution in [0, 0.1) is 6.92 Å². The van der Waals surface area contributed by atoms with Gasteiger partial charge in [0.15, 0.2) is 5.65 Å². The summed E-state index contributed by atoms with van der Waals surface area (Å²) in [5, 5.41) is 10.6. The topological polar surface area (TPSA) is 69.8 Å². The van der Waals surface area contributed by atoms with Gasteiger partial charge >= 0.3 is 0 Å². The van der Waals surface area contributed by atoms with Gasteiger partial charge in [0, 0.05) is 41.2 Å². The fraction of sp³-hybridized carbons (Fsp3) is 0.182. The first-order valence-corrected chi connectivity index (χ1v) is 12.0. The molecule has 0 aliphatic rings. The highest BCUT2D eigenvalue weighted by Gasteiger charge is 2.25. The minimum Gasteiger partial charge on any atom is -0.266 e. The fourth-order valence-electron chi connectivity index (χ4n) is 3.87. The van der Waals surface area contributed by atoms with E-state index in [1.807, 2.05) is 37.0 Å². The first-order chi connectivity index (χ1) is 14.4. The standard InChI is InChI=1S/C22H20N4O2S2/c1-4-15-12-26(30(27,28)17-7-5-14(2)6-8-17)22-19(15)21-18(11-23-22)20(24-25(21)3)16-9-10-29-13-16/h5-13H,4H2,1-3H3. The van der Waals surface area contributed by atoms with Crippen molar-refractivity contribution >= 4 is 43.3 Å². The first kappa shape index (κ1) is 19.0. The summed E-state index contributed by atoms with van der Waals surface area (Å²) >= 11 is 1.62. The van der Waals surface area contributed by atoms with Crippen molar-refractivity contribution in [2.24, 2.45) is 7.05 Å². The number of rotatable bonds is 4. The molecule has 5 aromatic rings. The Balaban J connectivity index is 1.83. The van der Waals surface area contributed by atoms with E-state index in [4.69, 9.17) is 5.10 Å². The summed E-state index contributed by atoms with van der Waals surface area (Å²) < 4.78 is 29.9. The second-order valence-electron chi connectivity index (χ2n) is 7.33. The van der Waals surface area contributed by atoms with E-state index in [9.17, 15) is 8.42 Å². The van der Waals surface area contributed by atoms with E-state index in [0.29, 0.717) is 12.1 Å². The van der Waals surface area contributed by atoms with Gasteiger partial charge in [-0.25, -0.2) is 17.4 Å². The van der Waals surface area contributed by atoms with Gasteiger partial charge in [0.2, 0.25) is 0 Å². The van der Waals surface area contributed by atoms with Crippen LogP contribution in [0.4, 0.5) is 0 Å². The van der Waals surface area contributed by atoms with Gasteiger partial charge in [0.25, 0.3) is 10.0 Å². The third-order valence-electron chi connectivity index (χ3n) is 5.42. The number of fused-ring (bicyclic) bond motifs is 3. The molecule has 8 heteroatoms. The second-order valence-corrected chi connectivity index (χ2v) is 9.92. The molecule has 5 rings (SSSR count). The lowest BCUT2D eigenvalue weighted by Crippen LogP contribution is -2.12. The molecule has 0 unspecified atom stereocenters. The van der Waals surface area contributed by atoms with E-state index in [-0.39, 0.29) is 4.90 Å². The number of pyridine rings is 1. The number of aryl methyl sites for hydroxylation is 3. The van der Waals surface area contributed by atoms with E-state index >= 15 is 0 Å².